The smallest absolute Gasteiger partial charge is 0.345 e. The van der Waals surface area contributed by atoms with Crippen molar-refractivity contribution in [2.45, 2.75) is 26.4 Å². The molecule has 0 aliphatic rings. The van der Waals surface area contributed by atoms with E-state index in [2.05, 4.69) is 24.1 Å². The van der Waals surface area contributed by atoms with Gasteiger partial charge in [-0.1, -0.05) is 26.0 Å². The molecule has 0 saturated carbocycles. The van der Waals surface area contributed by atoms with Gasteiger partial charge in [-0.3, -0.25) is 4.40 Å². The number of nitrogens with one attached hydrogen (secondary N) is 1. The first-order valence-corrected chi connectivity index (χ1v) is 8.71. The lowest BCUT2D eigenvalue weighted by molar-refractivity contribution is 0.560. The van der Waals surface area contributed by atoms with E-state index in [0.29, 0.717) is 22.9 Å². The Morgan fingerprint density at radius 2 is 2.21 bits per heavy atom. The molecule has 4 aromatic rings. The maximum absolute atomic E-state index is 12.4. The van der Waals surface area contributed by atoms with Crippen molar-refractivity contribution < 1.29 is 4.42 Å². The molecule has 0 bridgehead atoms. The molecule has 0 radical (unpaired) electrons. The standard InChI is InChI=1S/C18H17N3O2S/c1-11(2)19-9-12-3-4-13-8-14(17(22)23-16(13)7-12)15-10-21-5-6-24-18(21)20-15/h3-8,10-11,19H,9H2,1-2H3. The molecule has 0 aliphatic heterocycles. The lowest BCUT2D eigenvalue weighted by atomic mass is 10.1. The van der Waals surface area contributed by atoms with Gasteiger partial charge in [0, 0.05) is 35.7 Å². The fourth-order valence-electron chi connectivity index (χ4n) is 2.62. The van der Waals surface area contributed by atoms with E-state index in [1.54, 1.807) is 0 Å². The van der Waals surface area contributed by atoms with Crippen LogP contribution in [0.5, 0.6) is 0 Å². The molecule has 6 heteroatoms. The minimum absolute atomic E-state index is 0.359. The number of rotatable bonds is 4. The Morgan fingerprint density at radius 3 is 3.00 bits per heavy atom. The summed E-state index contributed by atoms with van der Waals surface area (Å²) in [6.45, 7) is 4.95. The van der Waals surface area contributed by atoms with Gasteiger partial charge in [0.2, 0.25) is 0 Å². The second-order valence-electron chi connectivity index (χ2n) is 6.07. The van der Waals surface area contributed by atoms with Crippen molar-refractivity contribution in [3.05, 3.63) is 58.0 Å². The molecule has 0 unspecified atom stereocenters. The van der Waals surface area contributed by atoms with Crippen LogP contribution in [-0.2, 0) is 6.54 Å². The van der Waals surface area contributed by atoms with Crippen molar-refractivity contribution in [3.63, 3.8) is 0 Å². The van der Waals surface area contributed by atoms with Crippen LogP contribution in [0.2, 0.25) is 0 Å². The molecule has 24 heavy (non-hydrogen) atoms. The van der Waals surface area contributed by atoms with Crippen molar-refractivity contribution in [2.75, 3.05) is 0 Å². The van der Waals surface area contributed by atoms with Gasteiger partial charge in [-0.2, -0.15) is 0 Å². The van der Waals surface area contributed by atoms with Crippen LogP contribution in [0.25, 0.3) is 27.2 Å². The van der Waals surface area contributed by atoms with Crippen molar-refractivity contribution in [1.29, 1.82) is 0 Å². The summed E-state index contributed by atoms with van der Waals surface area (Å²) < 4.78 is 7.45. The van der Waals surface area contributed by atoms with Gasteiger partial charge in [-0.05, 0) is 17.7 Å². The van der Waals surface area contributed by atoms with Gasteiger partial charge in [-0.15, -0.1) is 11.3 Å². The molecule has 1 N–H and O–H groups in total. The number of nitrogens with zero attached hydrogens (tertiary/aromatic N) is 2. The summed E-state index contributed by atoms with van der Waals surface area (Å²) in [4.78, 5) is 17.7. The molecule has 122 valence electrons. The number of aromatic nitrogens is 2. The normalized spacial score (nSPS) is 11.8. The Hall–Kier alpha value is -2.44. The third-order valence-electron chi connectivity index (χ3n) is 3.88. The first-order valence-electron chi connectivity index (χ1n) is 7.83. The molecule has 3 aromatic heterocycles. The highest BCUT2D eigenvalue weighted by Crippen LogP contribution is 2.23. The van der Waals surface area contributed by atoms with Crippen LogP contribution in [0, 0.1) is 0 Å². The number of thiazole rings is 1. The van der Waals surface area contributed by atoms with Crippen LogP contribution in [0.1, 0.15) is 19.4 Å². The van der Waals surface area contributed by atoms with E-state index in [9.17, 15) is 4.79 Å². The molecule has 0 aliphatic carbocycles. The summed E-state index contributed by atoms with van der Waals surface area (Å²) in [6, 6.07) is 8.21. The van der Waals surface area contributed by atoms with Gasteiger partial charge in [-0.25, -0.2) is 9.78 Å². The lowest BCUT2D eigenvalue weighted by Gasteiger charge is -2.08. The summed E-state index contributed by atoms with van der Waals surface area (Å²) >= 11 is 1.53. The Kier molecular flexibility index (Phi) is 3.70. The summed E-state index contributed by atoms with van der Waals surface area (Å²) in [5.74, 6) is 0. The van der Waals surface area contributed by atoms with E-state index in [-0.39, 0.29) is 5.63 Å². The zero-order valence-electron chi connectivity index (χ0n) is 13.4. The quantitative estimate of drug-likeness (QED) is 0.576. The molecule has 5 nitrogen and oxygen atoms in total. The first-order chi connectivity index (χ1) is 11.6. The van der Waals surface area contributed by atoms with E-state index < -0.39 is 0 Å². The lowest BCUT2D eigenvalue weighted by Crippen LogP contribution is -2.21. The largest absolute Gasteiger partial charge is 0.422 e. The molecule has 0 fully saturated rings. The molecule has 4 rings (SSSR count). The number of hydrogen-bond acceptors (Lipinski definition) is 5. The SMILES string of the molecule is CC(C)NCc1ccc2cc(-c3cn4ccsc4n3)c(=O)oc2c1. The Morgan fingerprint density at radius 1 is 1.33 bits per heavy atom. The van der Waals surface area contributed by atoms with Crippen LogP contribution in [0.3, 0.4) is 0 Å². The highest BCUT2D eigenvalue weighted by Gasteiger charge is 2.12. The van der Waals surface area contributed by atoms with Gasteiger partial charge in [0.15, 0.2) is 4.96 Å². The van der Waals surface area contributed by atoms with Crippen molar-refractivity contribution in [2.24, 2.45) is 0 Å². The number of imidazole rings is 1. The third kappa shape index (κ3) is 2.74. The zero-order chi connectivity index (χ0) is 16.7. The second-order valence-corrected chi connectivity index (χ2v) is 6.95. The summed E-state index contributed by atoms with van der Waals surface area (Å²) in [7, 11) is 0. The number of fused-ring (bicyclic) bond motifs is 2. The molecule has 0 amide bonds. The maximum atomic E-state index is 12.4. The van der Waals surface area contributed by atoms with E-state index >= 15 is 0 Å². The molecule has 1 aromatic carbocycles. The average Bonchev–Trinajstić information content (AvgIpc) is 3.13. The van der Waals surface area contributed by atoms with Gasteiger partial charge < -0.3 is 9.73 Å². The van der Waals surface area contributed by atoms with Gasteiger partial charge >= 0.3 is 5.63 Å². The molecule has 0 atom stereocenters. The number of hydrogen-bond donors (Lipinski definition) is 1. The number of benzene rings is 1. The fraction of sp³-hybridized carbons (Fsp3) is 0.222. The van der Waals surface area contributed by atoms with Crippen LogP contribution in [0.15, 0.2) is 51.3 Å². The molecule has 3 heterocycles. The molecular formula is C18H17N3O2S. The minimum atomic E-state index is -0.359. The van der Waals surface area contributed by atoms with Gasteiger partial charge in [0.1, 0.15) is 5.58 Å². The monoisotopic (exact) mass is 339 g/mol. The van der Waals surface area contributed by atoms with Crippen LogP contribution in [0.4, 0.5) is 0 Å². The third-order valence-corrected chi connectivity index (χ3v) is 4.65. The van der Waals surface area contributed by atoms with Gasteiger partial charge in [0.25, 0.3) is 0 Å². The van der Waals surface area contributed by atoms with E-state index in [1.807, 2.05) is 46.4 Å². The van der Waals surface area contributed by atoms with Gasteiger partial charge in [0.05, 0.1) is 11.3 Å². The van der Waals surface area contributed by atoms with Crippen molar-refractivity contribution >= 4 is 27.3 Å². The Bertz CT molecular complexity index is 1050. The summed E-state index contributed by atoms with van der Waals surface area (Å²) in [6.07, 6.45) is 3.78. The van der Waals surface area contributed by atoms with Crippen LogP contribution < -0.4 is 10.9 Å². The zero-order valence-corrected chi connectivity index (χ0v) is 14.3. The van der Waals surface area contributed by atoms with E-state index in [1.165, 1.54) is 11.3 Å². The molecule has 0 spiro atoms. The first kappa shape index (κ1) is 15.1. The fourth-order valence-corrected chi connectivity index (χ4v) is 3.32. The average molecular weight is 339 g/mol. The highest BCUT2D eigenvalue weighted by atomic mass is 32.1. The summed E-state index contributed by atoms with van der Waals surface area (Å²) in [5.41, 5.74) is 2.47. The predicted molar refractivity (Wildman–Crippen MR) is 96.5 cm³/mol. The predicted octanol–water partition coefficient (Wildman–Crippen LogP) is 3.67. The minimum Gasteiger partial charge on any atom is -0.422 e. The van der Waals surface area contributed by atoms with E-state index in [4.69, 9.17) is 4.42 Å². The molecule has 0 saturated heterocycles. The topological polar surface area (TPSA) is 59.5 Å². The van der Waals surface area contributed by atoms with Crippen LogP contribution >= 0.6 is 11.3 Å². The Labute approximate surface area is 142 Å². The maximum Gasteiger partial charge on any atom is 0.345 e. The van der Waals surface area contributed by atoms with Crippen molar-refractivity contribution in [1.82, 2.24) is 14.7 Å². The summed E-state index contributed by atoms with van der Waals surface area (Å²) in [5, 5.41) is 6.22. The van der Waals surface area contributed by atoms with E-state index in [0.717, 1.165) is 22.5 Å². The Balaban J connectivity index is 1.75. The molecular weight excluding hydrogens is 322 g/mol. The van der Waals surface area contributed by atoms with Crippen LogP contribution in [-0.4, -0.2) is 15.4 Å². The second kappa shape index (κ2) is 5.89. The highest BCUT2D eigenvalue weighted by molar-refractivity contribution is 7.15. The van der Waals surface area contributed by atoms with Crippen molar-refractivity contribution in [3.8, 4) is 11.3 Å².